The van der Waals surface area contributed by atoms with E-state index >= 15 is 0 Å². The van der Waals surface area contributed by atoms with Crippen LogP contribution in [0.1, 0.15) is 30.9 Å². The quantitative estimate of drug-likeness (QED) is 0.702. The summed E-state index contributed by atoms with van der Waals surface area (Å²) in [5, 5.41) is 1.43. The normalized spacial score (nSPS) is 16.3. The lowest BCUT2D eigenvalue weighted by Gasteiger charge is -2.13. The lowest BCUT2D eigenvalue weighted by molar-refractivity contribution is 1.17. The lowest BCUT2D eigenvalue weighted by atomic mass is 9.92. The molecule has 0 fully saturated rings. The van der Waals surface area contributed by atoms with Gasteiger partial charge < -0.3 is 0 Å². The first-order valence-corrected chi connectivity index (χ1v) is 10.0. The molecule has 0 aromatic heterocycles. The molecule has 0 heterocycles. The van der Waals surface area contributed by atoms with Gasteiger partial charge in [0, 0.05) is 8.41 Å². The van der Waals surface area contributed by atoms with E-state index in [0.29, 0.717) is 0 Å². The topological polar surface area (TPSA) is 0 Å². The summed E-state index contributed by atoms with van der Waals surface area (Å²) in [4.78, 5) is 1.59. The molecular weight excluding hydrogens is 256 g/mol. The van der Waals surface area contributed by atoms with Crippen molar-refractivity contribution in [1.82, 2.24) is 0 Å². The fraction of sp³-hybridized carbons (Fsp3) is 0.316. The monoisotopic (exact) mass is 278 g/mol. The van der Waals surface area contributed by atoms with Crippen LogP contribution in [0.5, 0.6) is 0 Å². The molecule has 0 unspecified atom stereocenters. The van der Waals surface area contributed by atoms with Gasteiger partial charge in [-0.3, -0.25) is 0 Å². The van der Waals surface area contributed by atoms with E-state index in [1.165, 1.54) is 33.1 Å². The van der Waals surface area contributed by atoms with Gasteiger partial charge >= 0.3 is 0 Å². The molecule has 0 amide bonds. The molecule has 2 aliphatic carbocycles. The Morgan fingerprint density at radius 1 is 1.20 bits per heavy atom. The van der Waals surface area contributed by atoms with Crippen molar-refractivity contribution in [2.24, 2.45) is 0 Å². The van der Waals surface area contributed by atoms with Crippen LogP contribution in [0.25, 0.3) is 11.6 Å². The lowest BCUT2D eigenvalue weighted by Crippen LogP contribution is -2.09. The van der Waals surface area contributed by atoms with E-state index < -0.39 is 8.41 Å². The van der Waals surface area contributed by atoms with Gasteiger partial charge in [-0.2, -0.15) is 0 Å². The first-order valence-electron chi connectivity index (χ1n) is 7.52. The molecule has 1 aromatic rings. The molecule has 0 saturated heterocycles. The fourth-order valence-corrected chi connectivity index (χ4v) is 4.72. The van der Waals surface area contributed by atoms with Crippen LogP contribution in [0.2, 0.25) is 13.1 Å². The highest BCUT2D eigenvalue weighted by atomic mass is 28.2. The van der Waals surface area contributed by atoms with Crippen LogP contribution in [-0.4, -0.2) is 8.41 Å². The van der Waals surface area contributed by atoms with E-state index in [1.807, 2.05) is 0 Å². The zero-order valence-electron chi connectivity index (χ0n) is 12.9. The largest absolute Gasteiger partial charge is 0.0801 e. The van der Waals surface area contributed by atoms with Crippen LogP contribution < -0.4 is 5.22 Å². The van der Waals surface area contributed by atoms with E-state index in [4.69, 9.17) is 0 Å². The molecule has 0 spiro atoms. The Morgan fingerprint density at radius 2 is 2.00 bits per heavy atom. The van der Waals surface area contributed by atoms with Crippen molar-refractivity contribution in [1.29, 1.82) is 0 Å². The van der Waals surface area contributed by atoms with Crippen molar-refractivity contribution in [3.8, 4) is 0 Å². The van der Waals surface area contributed by atoms with Gasteiger partial charge in [0.25, 0.3) is 0 Å². The van der Waals surface area contributed by atoms with Crippen LogP contribution in [0.3, 0.4) is 0 Å². The van der Waals surface area contributed by atoms with Gasteiger partial charge in [-0.05, 0) is 57.6 Å². The summed E-state index contributed by atoms with van der Waals surface area (Å²) in [6, 6.07) is 4.69. The van der Waals surface area contributed by atoms with Crippen LogP contribution in [0.15, 0.2) is 41.5 Å². The van der Waals surface area contributed by atoms with Crippen LogP contribution in [0, 0.1) is 11.7 Å². The molecule has 0 saturated carbocycles. The second-order valence-corrected chi connectivity index (χ2v) is 8.46. The Bertz CT molecular complexity index is 782. The predicted molar refractivity (Wildman–Crippen MR) is 90.6 cm³/mol. The number of benzene rings is 1. The summed E-state index contributed by atoms with van der Waals surface area (Å²) >= 11 is 0. The molecular formula is C19H22Si. The van der Waals surface area contributed by atoms with E-state index in [1.54, 1.807) is 4.81 Å². The van der Waals surface area contributed by atoms with E-state index in [2.05, 4.69) is 63.4 Å². The first-order chi connectivity index (χ1) is 9.63. The number of fused-ring (bicyclic) bond motifs is 1. The summed E-state index contributed by atoms with van der Waals surface area (Å²) in [5.41, 5.74) is 7.56. The van der Waals surface area contributed by atoms with Gasteiger partial charge in [0.15, 0.2) is 0 Å². The highest BCUT2D eigenvalue weighted by Gasteiger charge is 2.20. The number of hydrogen-bond donors (Lipinski definition) is 0. The van der Waals surface area contributed by atoms with Crippen molar-refractivity contribution in [3.05, 3.63) is 62.7 Å². The van der Waals surface area contributed by atoms with Gasteiger partial charge in [-0.15, -0.1) is 0 Å². The van der Waals surface area contributed by atoms with Gasteiger partial charge in [0.05, 0.1) is 0 Å². The average Bonchev–Trinajstić information content (AvgIpc) is 3.04. The summed E-state index contributed by atoms with van der Waals surface area (Å²) in [6.07, 6.45) is 11.4. The smallest absolute Gasteiger partial charge is 0.0132 e. The fourth-order valence-electron chi connectivity index (χ4n) is 3.43. The zero-order valence-corrected chi connectivity index (χ0v) is 13.9. The SMILES string of the molecule is CCC1=C(C2=CC=CC2)c2c(C)c(=[Si](C)C)ccc2=C1. The van der Waals surface area contributed by atoms with Crippen molar-refractivity contribution in [2.45, 2.75) is 39.8 Å². The molecule has 0 bridgehead atoms. The Hall–Kier alpha value is -1.47. The van der Waals surface area contributed by atoms with Crippen molar-refractivity contribution < 1.29 is 0 Å². The van der Waals surface area contributed by atoms with E-state index in [-0.39, 0.29) is 0 Å². The molecule has 102 valence electrons. The van der Waals surface area contributed by atoms with Gasteiger partial charge in [0.2, 0.25) is 0 Å². The minimum atomic E-state index is -0.404. The van der Waals surface area contributed by atoms with Crippen molar-refractivity contribution in [3.63, 3.8) is 0 Å². The summed E-state index contributed by atoms with van der Waals surface area (Å²) in [5.74, 6) is 0. The molecule has 0 atom stereocenters. The second kappa shape index (κ2) is 5.14. The van der Waals surface area contributed by atoms with Crippen LogP contribution >= 0.6 is 0 Å². The standard InChI is InChI=1S/C19H22Si/c1-5-14-12-16-10-11-17(20(3)4)13(2)18(16)19(14)15-8-6-7-9-15/h6-8,10-12H,5,9H2,1-4H3. The van der Waals surface area contributed by atoms with Gasteiger partial charge in [-0.1, -0.05) is 56.5 Å². The summed E-state index contributed by atoms with van der Waals surface area (Å²) < 4.78 is 0. The Balaban J connectivity index is 2.31. The molecule has 0 nitrogen and oxygen atoms in total. The molecule has 2 aliphatic rings. The number of rotatable bonds is 2. The van der Waals surface area contributed by atoms with Crippen LogP contribution in [-0.2, 0) is 0 Å². The maximum atomic E-state index is 2.40. The maximum Gasteiger partial charge on any atom is 0.0132 e. The van der Waals surface area contributed by atoms with Crippen LogP contribution in [0.4, 0.5) is 0 Å². The molecule has 20 heavy (non-hydrogen) atoms. The molecule has 1 aromatic carbocycles. The number of hydrogen-bond acceptors (Lipinski definition) is 0. The van der Waals surface area contributed by atoms with Gasteiger partial charge in [-0.25, -0.2) is 0 Å². The third kappa shape index (κ3) is 2.01. The predicted octanol–water partition coefficient (Wildman–Crippen LogP) is 4.43. The average molecular weight is 278 g/mol. The third-order valence-electron chi connectivity index (χ3n) is 4.41. The molecule has 0 radical (unpaired) electrons. The third-order valence-corrected chi connectivity index (χ3v) is 6.03. The van der Waals surface area contributed by atoms with E-state index in [0.717, 1.165) is 12.8 Å². The summed E-state index contributed by atoms with van der Waals surface area (Å²) in [7, 11) is -0.404. The zero-order chi connectivity index (χ0) is 14.3. The Labute approximate surface area is 123 Å². The van der Waals surface area contributed by atoms with Gasteiger partial charge in [0.1, 0.15) is 0 Å². The number of allylic oxidation sites excluding steroid dienone is 6. The summed E-state index contributed by atoms with van der Waals surface area (Å²) in [6.45, 7) is 9.37. The minimum Gasteiger partial charge on any atom is -0.0801 e. The molecule has 1 heteroatoms. The van der Waals surface area contributed by atoms with Crippen molar-refractivity contribution >= 4 is 20.1 Å². The second-order valence-electron chi connectivity index (χ2n) is 5.92. The Morgan fingerprint density at radius 3 is 2.60 bits per heavy atom. The molecule has 3 rings (SSSR count). The van der Waals surface area contributed by atoms with Crippen molar-refractivity contribution in [2.75, 3.05) is 0 Å². The minimum absolute atomic E-state index is 0.404. The molecule has 0 aliphatic heterocycles. The first kappa shape index (κ1) is 13.5. The Kier molecular flexibility index (Phi) is 3.47. The highest BCUT2D eigenvalue weighted by Crippen LogP contribution is 2.36. The van der Waals surface area contributed by atoms with E-state index in [9.17, 15) is 0 Å². The maximum absolute atomic E-state index is 2.40. The molecule has 0 N–H and O–H groups in total. The highest BCUT2D eigenvalue weighted by molar-refractivity contribution is 6.47.